The van der Waals surface area contributed by atoms with Crippen LogP contribution in [0.2, 0.25) is 0 Å². The summed E-state index contributed by atoms with van der Waals surface area (Å²) in [5, 5.41) is 16.3. The maximum atomic E-state index is 14.0. The quantitative estimate of drug-likeness (QED) is 0.275. The van der Waals surface area contributed by atoms with E-state index < -0.39 is 12.6 Å². The Morgan fingerprint density at radius 1 is 1.00 bits per heavy atom. The van der Waals surface area contributed by atoms with Gasteiger partial charge in [-0.15, -0.1) is 11.3 Å². The van der Waals surface area contributed by atoms with E-state index in [1.807, 2.05) is 35.4 Å². The van der Waals surface area contributed by atoms with Crippen LogP contribution in [0.15, 0.2) is 66.9 Å². The molecule has 2 aromatic carbocycles. The van der Waals surface area contributed by atoms with E-state index in [1.54, 1.807) is 24.3 Å². The summed E-state index contributed by atoms with van der Waals surface area (Å²) in [7, 11) is 1.89. The molecule has 3 heterocycles. The number of fused-ring (bicyclic) bond motifs is 5. The third-order valence-corrected chi connectivity index (χ3v) is 8.76. The number of nitrogens with zero attached hydrogens (tertiary/aromatic N) is 2. The molecule has 200 valence electrons. The fraction of sp³-hybridized carbons (Fsp3) is 0.267. The van der Waals surface area contributed by atoms with Crippen molar-refractivity contribution in [2.24, 2.45) is 0 Å². The molecular weight excluding hydrogens is 512 g/mol. The number of carbonyl (C=O) groups excluding carboxylic acids is 1. The number of urea groups is 1. The number of anilines is 2. The molecule has 0 spiro atoms. The first-order chi connectivity index (χ1) is 19.0. The number of benzene rings is 2. The molecule has 39 heavy (non-hydrogen) atoms. The van der Waals surface area contributed by atoms with Gasteiger partial charge in [-0.2, -0.15) is 0 Å². The summed E-state index contributed by atoms with van der Waals surface area (Å²) < 4.78 is 7.51. The highest BCUT2D eigenvalue weighted by molar-refractivity contribution is 7.15. The minimum Gasteiger partial charge on any atom is -0.482 e. The van der Waals surface area contributed by atoms with Crippen molar-refractivity contribution in [2.45, 2.75) is 38.3 Å². The van der Waals surface area contributed by atoms with E-state index >= 15 is 0 Å². The highest BCUT2D eigenvalue weighted by Gasteiger charge is 2.36. The zero-order chi connectivity index (χ0) is 26.9. The molecule has 0 fully saturated rings. The van der Waals surface area contributed by atoms with Crippen LogP contribution in [-0.4, -0.2) is 40.2 Å². The van der Waals surface area contributed by atoms with Crippen molar-refractivity contribution in [2.75, 3.05) is 24.3 Å². The number of aromatic nitrogens is 1. The highest BCUT2D eigenvalue weighted by atomic mass is 32.1. The molecule has 2 aromatic heterocycles. The summed E-state index contributed by atoms with van der Waals surface area (Å²) in [5.74, 6) is -0.609. The first-order valence-electron chi connectivity index (χ1n) is 13.1. The number of rotatable bonds is 6. The Hall–Kier alpha value is -4.24. The van der Waals surface area contributed by atoms with Gasteiger partial charge in [0.2, 0.25) is 0 Å². The van der Waals surface area contributed by atoms with Crippen molar-refractivity contribution in [3.05, 3.63) is 94.1 Å². The molecule has 1 aliphatic carbocycles. The Bertz CT molecular complexity index is 1510. The molecule has 0 saturated heterocycles. The van der Waals surface area contributed by atoms with Crippen LogP contribution in [0.25, 0.3) is 5.00 Å². The lowest BCUT2D eigenvalue weighted by Gasteiger charge is -2.31. The van der Waals surface area contributed by atoms with Crippen LogP contribution < -0.4 is 15.4 Å². The van der Waals surface area contributed by atoms with Crippen molar-refractivity contribution >= 4 is 34.7 Å². The Morgan fingerprint density at radius 3 is 2.49 bits per heavy atom. The van der Waals surface area contributed by atoms with E-state index in [0.717, 1.165) is 29.8 Å². The van der Waals surface area contributed by atoms with Crippen LogP contribution in [-0.2, 0) is 24.2 Å². The number of aliphatic carboxylic acids is 1. The van der Waals surface area contributed by atoms with Crippen LogP contribution in [0.1, 0.15) is 46.1 Å². The normalized spacial score (nSPS) is 15.9. The maximum absolute atomic E-state index is 14.0. The number of aryl methyl sites for hydroxylation is 1. The van der Waals surface area contributed by atoms with Crippen LogP contribution in [0.5, 0.6) is 5.75 Å². The number of ether oxygens (including phenoxy) is 1. The van der Waals surface area contributed by atoms with Gasteiger partial charge < -0.3 is 29.9 Å². The first kappa shape index (κ1) is 25.1. The third-order valence-electron chi connectivity index (χ3n) is 7.42. The number of carboxylic acids is 1. The van der Waals surface area contributed by atoms with E-state index in [9.17, 15) is 9.59 Å². The van der Waals surface area contributed by atoms with Gasteiger partial charge in [0.25, 0.3) is 0 Å². The molecule has 8 nitrogen and oxygen atoms in total. The van der Waals surface area contributed by atoms with Crippen molar-refractivity contribution in [1.82, 2.24) is 9.47 Å². The lowest BCUT2D eigenvalue weighted by Crippen LogP contribution is -2.38. The summed E-state index contributed by atoms with van der Waals surface area (Å²) in [5.41, 5.74) is 6.36. The minimum atomic E-state index is -1.04. The van der Waals surface area contributed by atoms with Gasteiger partial charge in [0.15, 0.2) is 6.61 Å². The zero-order valence-corrected chi connectivity index (χ0v) is 22.5. The van der Waals surface area contributed by atoms with Gasteiger partial charge >= 0.3 is 12.0 Å². The first-order valence-corrected chi connectivity index (χ1v) is 13.9. The molecule has 9 heteroatoms. The molecular formula is C30H30N4O4S. The van der Waals surface area contributed by atoms with Gasteiger partial charge in [-0.25, -0.2) is 9.59 Å². The monoisotopic (exact) mass is 542 g/mol. The Labute approximate surface area is 230 Å². The smallest absolute Gasteiger partial charge is 0.341 e. The van der Waals surface area contributed by atoms with E-state index in [2.05, 4.69) is 45.7 Å². The minimum absolute atomic E-state index is 0.201. The summed E-state index contributed by atoms with van der Waals surface area (Å²) in [4.78, 5) is 28.2. The molecule has 0 saturated carbocycles. The van der Waals surface area contributed by atoms with Crippen molar-refractivity contribution in [1.29, 1.82) is 0 Å². The molecule has 3 N–H and O–H groups in total. The average molecular weight is 543 g/mol. The van der Waals surface area contributed by atoms with Crippen LogP contribution in [0, 0.1) is 0 Å². The van der Waals surface area contributed by atoms with Crippen molar-refractivity contribution < 1.29 is 19.4 Å². The molecule has 1 unspecified atom stereocenters. The lowest BCUT2D eigenvalue weighted by molar-refractivity contribution is -0.139. The number of carboxylic acid groups (broad SMARTS) is 1. The number of carbonyl (C=O) groups is 2. The molecule has 4 aromatic rings. The largest absolute Gasteiger partial charge is 0.482 e. The Morgan fingerprint density at radius 2 is 1.74 bits per heavy atom. The summed E-state index contributed by atoms with van der Waals surface area (Å²) in [6.45, 7) is 0.0907. The second-order valence-corrected chi connectivity index (χ2v) is 10.9. The van der Waals surface area contributed by atoms with Gasteiger partial charge in [-0.3, -0.25) is 0 Å². The van der Waals surface area contributed by atoms with Gasteiger partial charge in [-0.1, -0.05) is 12.1 Å². The molecule has 1 atom stereocenters. The zero-order valence-electron chi connectivity index (χ0n) is 21.6. The number of thiophene rings is 1. The topological polar surface area (TPSA) is 95.8 Å². The SMILES string of the molecule is CNc1ccc(C2c3cccn3-c3sc4c(c3CN2C(=O)Nc2ccc(OCC(=O)O)cc2)CCCC4)cc1. The van der Waals surface area contributed by atoms with Gasteiger partial charge in [0.1, 0.15) is 10.8 Å². The van der Waals surface area contributed by atoms with Crippen LogP contribution in [0.4, 0.5) is 16.2 Å². The molecule has 2 aliphatic rings. The molecule has 0 radical (unpaired) electrons. The van der Waals surface area contributed by atoms with Crippen molar-refractivity contribution in [3.63, 3.8) is 0 Å². The Kier molecular flexibility index (Phi) is 6.74. The fourth-order valence-corrected chi connectivity index (χ4v) is 6.95. The van der Waals surface area contributed by atoms with E-state index in [1.165, 1.54) is 33.8 Å². The summed E-state index contributed by atoms with van der Waals surface area (Å²) in [6, 6.07) is 18.7. The molecule has 1 aliphatic heterocycles. The number of amides is 2. The van der Waals surface area contributed by atoms with Gasteiger partial charge in [0, 0.05) is 35.1 Å². The van der Waals surface area contributed by atoms with E-state index in [0.29, 0.717) is 18.0 Å². The summed E-state index contributed by atoms with van der Waals surface area (Å²) >= 11 is 1.87. The number of hydrogen-bond acceptors (Lipinski definition) is 5. The lowest BCUT2D eigenvalue weighted by atomic mass is 9.95. The molecule has 2 amide bonds. The van der Waals surface area contributed by atoms with E-state index in [-0.39, 0.29) is 12.1 Å². The third kappa shape index (κ3) is 4.85. The number of hydrogen-bond donors (Lipinski definition) is 3. The summed E-state index contributed by atoms with van der Waals surface area (Å²) in [6.07, 6.45) is 6.64. The molecule has 6 rings (SSSR count). The second kappa shape index (κ2) is 10.5. The second-order valence-electron chi connectivity index (χ2n) is 9.84. The van der Waals surface area contributed by atoms with Crippen molar-refractivity contribution in [3.8, 4) is 10.8 Å². The predicted molar refractivity (Wildman–Crippen MR) is 152 cm³/mol. The predicted octanol–water partition coefficient (Wildman–Crippen LogP) is 6.06. The fourth-order valence-electron chi connectivity index (χ4n) is 5.54. The van der Waals surface area contributed by atoms with Crippen LogP contribution >= 0.6 is 11.3 Å². The van der Waals surface area contributed by atoms with Gasteiger partial charge in [0.05, 0.1) is 18.3 Å². The molecule has 0 bridgehead atoms. The highest BCUT2D eigenvalue weighted by Crippen LogP contribution is 2.44. The van der Waals surface area contributed by atoms with Crippen LogP contribution in [0.3, 0.4) is 0 Å². The van der Waals surface area contributed by atoms with Gasteiger partial charge in [-0.05, 0) is 85.3 Å². The number of nitrogens with one attached hydrogen (secondary N) is 2. The standard InChI is InChI=1S/C30H30N4O4S/c1-31-20-10-8-19(9-11-20)28-25-6-4-16-33(25)29-24(23-5-2-3-7-26(23)39-29)17-34(28)30(37)32-21-12-14-22(15-13-21)38-18-27(35)36/h4,6,8-16,28,31H,2-3,5,7,17-18H2,1H3,(H,32,37)(H,35,36). The van der Waals surface area contributed by atoms with E-state index in [4.69, 9.17) is 9.84 Å². The Balaban J connectivity index is 1.38. The maximum Gasteiger partial charge on any atom is 0.341 e. The average Bonchev–Trinajstić information content (AvgIpc) is 3.54.